The zero-order chi connectivity index (χ0) is 27.4. The number of hydrogen-bond donors (Lipinski definition) is 3. The number of halogens is 2. The lowest BCUT2D eigenvalue weighted by Crippen LogP contribution is -2.10. The second-order valence-electron chi connectivity index (χ2n) is 7.91. The molecule has 1 heterocycles. The summed E-state index contributed by atoms with van der Waals surface area (Å²) in [6.07, 6.45) is 1.38. The summed E-state index contributed by atoms with van der Waals surface area (Å²) in [5.74, 6) is -2.36. The Morgan fingerprint density at radius 3 is 2.47 bits per heavy atom. The van der Waals surface area contributed by atoms with Crippen molar-refractivity contribution in [2.45, 2.75) is 6.61 Å². The van der Waals surface area contributed by atoms with Crippen LogP contribution in [0.25, 0.3) is 11.3 Å². The van der Waals surface area contributed by atoms with Crippen LogP contribution in [0, 0.1) is 5.82 Å². The summed E-state index contributed by atoms with van der Waals surface area (Å²) >= 11 is 6.20. The van der Waals surface area contributed by atoms with Crippen molar-refractivity contribution in [2.75, 3.05) is 19.5 Å². The first kappa shape index (κ1) is 26.5. The molecule has 0 atom stereocenters. The predicted molar refractivity (Wildman–Crippen MR) is 138 cm³/mol. The van der Waals surface area contributed by atoms with E-state index in [1.807, 2.05) is 0 Å². The topological polar surface area (TPSA) is 131 Å². The van der Waals surface area contributed by atoms with E-state index >= 15 is 0 Å². The predicted octanol–water partition coefficient (Wildman–Crippen LogP) is 5.12. The van der Waals surface area contributed by atoms with Crippen LogP contribution in [-0.2, 0) is 6.61 Å². The Labute approximate surface area is 221 Å². The molecule has 0 aliphatic heterocycles. The van der Waals surface area contributed by atoms with Gasteiger partial charge in [0.15, 0.2) is 5.78 Å². The molecule has 4 aromatic rings. The number of nitrogens with one attached hydrogen (secondary N) is 1. The molecule has 0 aliphatic rings. The van der Waals surface area contributed by atoms with Crippen molar-refractivity contribution < 1.29 is 33.7 Å². The maximum absolute atomic E-state index is 14.7. The number of aromatic carboxylic acids is 1. The number of aliphatic hydroxyl groups is 1. The van der Waals surface area contributed by atoms with Crippen LogP contribution in [0.4, 0.5) is 16.0 Å². The monoisotopic (exact) mass is 537 g/mol. The zero-order valence-electron chi connectivity index (χ0n) is 20.2. The Morgan fingerprint density at radius 2 is 1.79 bits per heavy atom. The minimum Gasteiger partial charge on any atom is -0.496 e. The molecular weight excluding hydrogens is 517 g/mol. The highest BCUT2D eigenvalue weighted by molar-refractivity contribution is 6.31. The van der Waals surface area contributed by atoms with Crippen LogP contribution in [0.3, 0.4) is 0 Å². The molecule has 11 heteroatoms. The van der Waals surface area contributed by atoms with E-state index in [0.717, 1.165) is 6.07 Å². The van der Waals surface area contributed by atoms with Crippen molar-refractivity contribution in [3.8, 4) is 22.8 Å². The number of anilines is 2. The Kier molecular flexibility index (Phi) is 7.85. The van der Waals surface area contributed by atoms with E-state index in [9.17, 15) is 24.2 Å². The Balaban J connectivity index is 1.81. The van der Waals surface area contributed by atoms with Gasteiger partial charge in [-0.1, -0.05) is 23.7 Å². The second kappa shape index (κ2) is 11.2. The van der Waals surface area contributed by atoms with E-state index < -0.39 is 24.2 Å². The van der Waals surface area contributed by atoms with E-state index in [2.05, 4.69) is 15.3 Å². The highest BCUT2D eigenvalue weighted by atomic mass is 35.5. The number of benzene rings is 3. The number of rotatable bonds is 9. The number of hydrogen-bond acceptors (Lipinski definition) is 8. The Bertz CT molecular complexity index is 1550. The van der Waals surface area contributed by atoms with Crippen molar-refractivity contribution in [3.05, 3.63) is 93.9 Å². The Morgan fingerprint density at radius 1 is 1.03 bits per heavy atom. The van der Waals surface area contributed by atoms with Crippen LogP contribution in [0.15, 0.2) is 60.8 Å². The van der Waals surface area contributed by atoms with Crippen LogP contribution in [0.1, 0.15) is 31.8 Å². The number of nitrogens with zero attached hydrogens (tertiary/aromatic N) is 2. The van der Waals surface area contributed by atoms with Gasteiger partial charge >= 0.3 is 5.97 Å². The quantitative estimate of drug-likeness (QED) is 0.249. The molecule has 3 N–H and O–H groups in total. The molecule has 0 fully saturated rings. The van der Waals surface area contributed by atoms with E-state index in [-0.39, 0.29) is 50.4 Å². The van der Waals surface area contributed by atoms with Crippen LogP contribution >= 0.6 is 11.6 Å². The van der Waals surface area contributed by atoms with Gasteiger partial charge in [-0.25, -0.2) is 19.2 Å². The fourth-order valence-electron chi connectivity index (χ4n) is 3.83. The molecule has 0 saturated heterocycles. The molecule has 0 saturated carbocycles. The summed E-state index contributed by atoms with van der Waals surface area (Å²) in [6, 6.07) is 12.9. The summed E-state index contributed by atoms with van der Waals surface area (Å²) < 4.78 is 25.1. The van der Waals surface area contributed by atoms with Gasteiger partial charge in [0, 0.05) is 39.7 Å². The molecule has 0 aliphatic carbocycles. The highest BCUT2D eigenvalue weighted by Gasteiger charge is 2.24. The fourth-order valence-corrected chi connectivity index (χ4v) is 4.00. The first-order chi connectivity index (χ1) is 18.3. The van der Waals surface area contributed by atoms with Gasteiger partial charge in [-0.2, -0.15) is 0 Å². The van der Waals surface area contributed by atoms with Crippen LogP contribution in [-0.4, -0.2) is 46.2 Å². The van der Waals surface area contributed by atoms with Gasteiger partial charge in [0.25, 0.3) is 0 Å². The molecule has 0 amide bonds. The highest BCUT2D eigenvalue weighted by Crippen LogP contribution is 2.33. The minimum atomic E-state index is -1.15. The minimum absolute atomic E-state index is 0.0248. The third-order valence-corrected chi connectivity index (χ3v) is 5.86. The molecule has 0 unspecified atom stereocenters. The molecule has 0 bridgehead atoms. The van der Waals surface area contributed by atoms with Crippen molar-refractivity contribution in [1.82, 2.24) is 9.97 Å². The van der Waals surface area contributed by atoms with Gasteiger partial charge in [-0.3, -0.25) is 4.79 Å². The standard InChI is InChI=1S/C27H21ClFN3O6/c1-37-21-5-3-4-20(29)23(21)25(34)19-10-15(28)6-8-17(19)24-14(13-33)12-30-27(32-24)31-16-7-9-18(26(35)36)22(11-16)38-2/h3-12,33H,13H2,1-2H3,(H,35,36)(H,30,31,32). The molecule has 9 nitrogen and oxygen atoms in total. The maximum Gasteiger partial charge on any atom is 0.339 e. The van der Waals surface area contributed by atoms with Gasteiger partial charge in [0.2, 0.25) is 5.95 Å². The number of aromatic nitrogens is 2. The molecule has 0 radical (unpaired) electrons. The molecule has 194 valence electrons. The van der Waals surface area contributed by atoms with Crippen molar-refractivity contribution in [3.63, 3.8) is 0 Å². The molecule has 38 heavy (non-hydrogen) atoms. The van der Waals surface area contributed by atoms with Gasteiger partial charge in [-0.05, 0) is 36.4 Å². The molecule has 4 rings (SSSR count). The average molecular weight is 538 g/mol. The smallest absolute Gasteiger partial charge is 0.339 e. The van der Waals surface area contributed by atoms with Gasteiger partial charge in [0.05, 0.1) is 26.5 Å². The van der Waals surface area contributed by atoms with Crippen molar-refractivity contribution in [1.29, 1.82) is 0 Å². The SMILES string of the molecule is COc1cc(Nc2ncc(CO)c(-c3ccc(Cl)cc3C(=O)c3c(F)cccc3OC)n2)ccc1C(=O)O. The summed E-state index contributed by atoms with van der Waals surface area (Å²) in [5.41, 5.74) is 0.940. The number of ether oxygens (including phenoxy) is 2. The van der Waals surface area contributed by atoms with E-state index in [4.69, 9.17) is 21.1 Å². The zero-order valence-corrected chi connectivity index (χ0v) is 20.9. The molecule has 1 aromatic heterocycles. The van der Waals surface area contributed by atoms with Crippen molar-refractivity contribution in [2.24, 2.45) is 0 Å². The van der Waals surface area contributed by atoms with Crippen LogP contribution in [0.2, 0.25) is 5.02 Å². The summed E-state index contributed by atoms with van der Waals surface area (Å²) in [5, 5.41) is 22.5. The summed E-state index contributed by atoms with van der Waals surface area (Å²) in [6.45, 7) is -0.448. The third kappa shape index (κ3) is 5.26. The number of carboxylic acid groups (broad SMARTS) is 1. The Hall–Kier alpha value is -4.54. The number of methoxy groups -OCH3 is 2. The molecule has 0 spiro atoms. The number of carboxylic acids is 1. The first-order valence-electron chi connectivity index (χ1n) is 11.1. The normalized spacial score (nSPS) is 10.7. The average Bonchev–Trinajstić information content (AvgIpc) is 2.92. The van der Waals surface area contributed by atoms with Crippen LogP contribution in [0.5, 0.6) is 11.5 Å². The van der Waals surface area contributed by atoms with E-state index in [1.165, 1.54) is 62.9 Å². The fraction of sp³-hybridized carbons (Fsp3) is 0.111. The molecule has 3 aromatic carbocycles. The van der Waals surface area contributed by atoms with Gasteiger partial charge in [-0.15, -0.1) is 0 Å². The van der Waals surface area contributed by atoms with E-state index in [1.54, 1.807) is 6.07 Å². The van der Waals surface area contributed by atoms with E-state index in [0.29, 0.717) is 11.3 Å². The molecular formula is C27H21ClFN3O6. The first-order valence-corrected chi connectivity index (χ1v) is 11.5. The lowest BCUT2D eigenvalue weighted by atomic mass is 9.94. The van der Waals surface area contributed by atoms with Gasteiger partial charge < -0.3 is 25.0 Å². The number of aliphatic hydroxyl groups excluding tert-OH is 1. The largest absolute Gasteiger partial charge is 0.496 e. The number of carbonyl (C=O) groups is 2. The number of ketones is 1. The second-order valence-corrected chi connectivity index (χ2v) is 8.34. The van der Waals surface area contributed by atoms with Crippen LogP contribution < -0.4 is 14.8 Å². The lowest BCUT2D eigenvalue weighted by molar-refractivity contribution is 0.0693. The van der Waals surface area contributed by atoms with Gasteiger partial charge in [0.1, 0.15) is 28.4 Å². The lowest BCUT2D eigenvalue weighted by Gasteiger charge is -2.15. The van der Waals surface area contributed by atoms with Crippen molar-refractivity contribution >= 4 is 35.0 Å². The number of carbonyl (C=O) groups excluding carboxylic acids is 1. The summed E-state index contributed by atoms with van der Waals surface area (Å²) in [7, 11) is 2.68. The summed E-state index contributed by atoms with van der Waals surface area (Å²) in [4.78, 5) is 33.6. The maximum atomic E-state index is 14.7. The third-order valence-electron chi connectivity index (χ3n) is 5.63.